The highest BCUT2D eigenvalue weighted by Gasteiger charge is 2.38. The number of ketones is 1. The van der Waals surface area contributed by atoms with Gasteiger partial charge in [-0.2, -0.15) is 0 Å². The van der Waals surface area contributed by atoms with Crippen LogP contribution in [0.15, 0.2) is 12.7 Å². The molecule has 0 amide bonds. The SMILES string of the molecule is C=CCCC(CCC1CCC1(C)C)C(C)=O. The second-order valence-electron chi connectivity index (χ2n) is 5.98. The van der Waals surface area contributed by atoms with Gasteiger partial charge in [-0.05, 0) is 56.8 Å². The van der Waals surface area contributed by atoms with Gasteiger partial charge in [0.25, 0.3) is 0 Å². The van der Waals surface area contributed by atoms with Gasteiger partial charge in [-0.15, -0.1) is 6.58 Å². The summed E-state index contributed by atoms with van der Waals surface area (Å²) in [7, 11) is 0. The third-order valence-electron chi connectivity index (χ3n) is 4.40. The molecule has 0 spiro atoms. The fraction of sp³-hybridized carbons (Fsp3) is 0.800. The Balaban J connectivity index is 2.32. The van der Waals surface area contributed by atoms with E-state index < -0.39 is 0 Å². The van der Waals surface area contributed by atoms with E-state index in [1.165, 1.54) is 19.3 Å². The van der Waals surface area contributed by atoms with Gasteiger partial charge in [0.15, 0.2) is 0 Å². The van der Waals surface area contributed by atoms with Gasteiger partial charge >= 0.3 is 0 Å². The molecule has 0 aliphatic heterocycles. The lowest BCUT2D eigenvalue weighted by atomic mass is 9.60. The molecule has 2 unspecified atom stereocenters. The summed E-state index contributed by atoms with van der Waals surface area (Å²) in [6.45, 7) is 10.2. The van der Waals surface area contributed by atoms with Crippen LogP contribution in [0.2, 0.25) is 0 Å². The molecule has 0 saturated heterocycles. The Morgan fingerprint density at radius 3 is 2.56 bits per heavy atom. The van der Waals surface area contributed by atoms with E-state index in [-0.39, 0.29) is 5.92 Å². The third kappa shape index (κ3) is 3.47. The number of carbonyl (C=O) groups excluding carboxylic acids is 1. The monoisotopic (exact) mass is 222 g/mol. The minimum absolute atomic E-state index is 0.273. The van der Waals surface area contributed by atoms with Gasteiger partial charge in [-0.1, -0.05) is 19.9 Å². The lowest BCUT2D eigenvalue weighted by Crippen LogP contribution is -2.35. The van der Waals surface area contributed by atoms with Crippen LogP contribution in [-0.4, -0.2) is 5.78 Å². The van der Waals surface area contributed by atoms with Crippen molar-refractivity contribution >= 4 is 5.78 Å². The molecule has 1 fully saturated rings. The van der Waals surface area contributed by atoms with Gasteiger partial charge in [0.2, 0.25) is 0 Å². The molecule has 0 N–H and O–H groups in total. The van der Waals surface area contributed by atoms with Gasteiger partial charge in [0, 0.05) is 5.92 Å². The molecule has 0 heterocycles. The first-order chi connectivity index (χ1) is 7.47. The fourth-order valence-corrected chi connectivity index (χ4v) is 2.73. The van der Waals surface area contributed by atoms with Gasteiger partial charge in [0.05, 0.1) is 0 Å². The molecule has 1 aliphatic rings. The summed E-state index contributed by atoms with van der Waals surface area (Å²) in [6, 6.07) is 0. The number of rotatable bonds is 7. The molecule has 92 valence electrons. The van der Waals surface area contributed by atoms with Gasteiger partial charge in [-0.3, -0.25) is 4.79 Å². The van der Waals surface area contributed by atoms with Crippen molar-refractivity contribution < 1.29 is 4.79 Å². The number of allylic oxidation sites excluding steroid dienone is 1. The standard InChI is InChI=1S/C15H26O/c1-5-6-7-13(12(2)16)8-9-14-10-11-15(14,3)4/h5,13-14H,1,6-11H2,2-4H3. The van der Waals surface area contributed by atoms with Gasteiger partial charge in [-0.25, -0.2) is 0 Å². The fourth-order valence-electron chi connectivity index (χ4n) is 2.73. The Labute approximate surface area is 100 Å². The van der Waals surface area contributed by atoms with Crippen molar-refractivity contribution in [2.24, 2.45) is 17.3 Å². The molecule has 1 rings (SSSR count). The van der Waals surface area contributed by atoms with Crippen LogP contribution < -0.4 is 0 Å². The molecule has 0 aromatic heterocycles. The summed E-state index contributed by atoms with van der Waals surface area (Å²) in [5, 5.41) is 0. The molecule has 1 heteroatoms. The molecule has 0 radical (unpaired) electrons. The van der Waals surface area contributed by atoms with E-state index >= 15 is 0 Å². The van der Waals surface area contributed by atoms with E-state index in [9.17, 15) is 4.79 Å². The quantitative estimate of drug-likeness (QED) is 0.584. The van der Waals surface area contributed by atoms with Crippen LogP contribution in [0.5, 0.6) is 0 Å². The highest BCUT2D eigenvalue weighted by Crippen LogP contribution is 2.48. The zero-order valence-corrected chi connectivity index (χ0v) is 11.1. The van der Waals surface area contributed by atoms with Crippen molar-refractivity contribution in [3.05, 3.63) is 12.7 Å². The first kappa shape index (κ1) is 13.5. The first-order valence-electron chi connectivity index (χ1n) is 6.58. The third-order valence-corrected chi connectivity index (χ3v) is 4.40. The number of carbonyl (C=O) groups is 1. The van der Waals surface area contributed by atoms with Crippen molar-refractivity contribution in [3.8, 4) is 0 Å². The van der Waals surface area contributed by atoms with Crippen LogP contribution in [0, 0.1) is 17.3 Å². The maximum Gasteiger partial charge on any atom is 0.132 e. The number of hydrogen-bond acceptors (Lipinski definition) is 1. The molecule has 0 aromatic rings. The molecule has 0 bridgehead atoms. The highest BCUT2D eigenvalue weighted by molar-refractivity contribution is 5.78. The van der Waals surface area contributed by atoms with E-state index in [2.05, 4.69) is 20.4 Å². The van der Waals surface area contributed by atoms with Crippen LogP contribution in [0.3, 0.4) is 0 Å². The van der Waals surface area contributed by atoms with Crippen molar-refractivity contribution in [1.82, 2.24) is 0 Å². The van der Waals surface area contributed by atoms with Crippen molar-refractivity contribution in [2.75, 3.05) is 0 Å². The summed E-state index contributed by atoms with van der Waals surface area (Å²) in [6.07, 6.45) is 8.91. The number of hydrogen-bond donors (Lipinski definition) is 0. The number of Topliss-reactive ketones (excluding diaryl/α,β-unsaturated/α-hetero) is 1. The zero-order chi connectivity index (χ0) is 12.2. The molecule has 16 heavy (non-hydrogen) atoms. The Kier molecular flexibility index (Phi) is 4.76. The molecular formula is C15H26O. The van der Waals surface area contributed by atoms with E-state index in [1.54, 1.807) is 6.92 Å². The maximum atomic E-state index is 11.5. The van der Waals surface area contributed by atoms with E-state index in [0.29, 0.717) is 11.2 Å². The Morgan fingerprint density at radius 2 is 2.19 bits per heavy atom. The molecule has 2 atom stereocenters. The maximum absolute atomic E-state index is 11.5. The second kappa shape index (κ2) is 5.65. The average molecular weight is 222 g/mol. The predicted molar refractivity (Wildman–Crippen MR) is 69.3 cm³/mol. The summed E-state index contributed by atoms with van der Waals surface area (Å²) < 4.78 is 0. The first-order valence-corrected chi connectivity index (χ1v) is 6.58. The van der Waals surface area contributed by atoms with Crippen LogP contribution >= 0.6 is 0 Å². The van der Waals surface area contributed by atoms with Crippen molar-refractivity contribution in [3.63, 3.8) is 0 Å². The average Bonchev–Trinajstić information content (AvgIpc) is 2.21. The Hall–Kier alpha value is -0.590. The zero-order valence-electron chi connectivity index (χ0n) is 11.1. The molecule has 1 nitrogen and oxygen atoms in total. The topological polar surface area (TPSA) is 17.1 Å². The van der Waals surface area contributed by atoms with E-state index in [1.807, 2.05) is 6.08 Å². The minimum atomic E-state index is 0.273. The summed E-state index contributed by atoms with van der Waals surface area (Å²) in [5.74, 6) is 1.48. The van der Waals surface area contributed by atoms with Gasteiger partial charge < -0.3 is 0 Å². The lowest BCUT2D eigenvalue weighted by Gasteiger charge is -2.45. The summed E-state index contributed by atoms with van der Waals surface area (Å²) >= 11 is 0. The largest absolute Gasteiger partial charge is 0.300 e. The van der Waals surface area contributed by atoms with Gasteiger partial charge in [0.1, 0.15) is 5.78 Å². The molecular weight excluding hydrogens is 196 g/mol. The second-order valence-corrected chi connectivity index (χ2v) is 5.98. The normalized spacial score (nSPS) is 24.6. The summed E-state index contributed by atoms with van der Waals surface area (Å²) in [4.78, 5) is 11.5. The summed E-state index contributed by atoms with van der Waals surface area (Å²) in [5.41, 5.74) is 0.528. The Bertz CT molecular complexity index is 252. The van der Waals surface area contributed by atoms with E-state index in [4.69, 9.17) is 0 Å². The van der Waals surface area contributed by atoms with Crippen molar-refractivity contribution in [2.45, 2.75) is 59.3 Å². The molecule has 1 saturated carbocycles. The minimum Gasteiger partial charge on any atom is -0.300 e. The van der Waals surface area contributed by atoms with Crippen molar-refractivity contribution in [1.29, 1.82) is 0 Å². The smallest absolute Gasteiger partial charge is 0.132 e. The lowest BCUT2D eigenvalue weighted by molar-refractivity contribution is -0.121. The van der Waals surface area contributed by atoms with Crippen LogP contribution in [0.25, 0.3) is 0 Å². The van der Waals surface area contributed by atoms with Crippen LogP contribution in [-0.2, 0) is 4.79 Å². The Morgan fingerprint density at radius 1 is 1.50 bits per heavy atom. The predicted octanol–water partition coefficient (Wildman–Crippen LogP) is 4.37. The molecule has 0 aromatic carbocycles. The van der Waals surface area contributed by atoms with Crippen LogP contribution in [0.1, 0.15) is 59.3 Å². The molecule has 1 aliphatic carbocycles. The highest BCUT2D eigenvalue weighted by atomic mass is 16.1. The van der Waals surface area contributed by atoms with Crippen LogP contribution in [0.4, 0.5) is 0 Å². The van der Waals surface area contributed by atoms with E-state index in [0.717, 1.165) is 25.2 Å².